The molecule has 0 saturated carbocycles. The minimum atomic E-state index is -0.435. The van der Waals surface area contributed by atoms with Gasteiger partial charge in [0.05, 0.1) is 55.4 Å². The Morgan fingerprint density at radius 1 is 0.585 bits per heavy atom. The van der Waals surface area contributed by atoms with Gasteiger partial charge in [0.2, 0.25) is 0 Å². The maximum Gasteiger partial charge on any atom is 0.494 e. The molecular weight excluding hydrogens is 520 g/mol. The molecule has 0 aliphatic carbocycles. The number of ether oxygens (including phenoxy) is 3. The summed E-state index contributed by atoms with van der Waals surface area (Å²) in [6.07, 6.45) is 0. The Labute approximate surface area is 245 Å². The van der Waals surface area contributed by atoms with E-state index >= 15 is 0 Å². The third-order valence-corrected chi connectivity index (χ3v) is 9.23. The monoisotopic (exact) mass is 565 g/mol. The van der Waals surface area contributed by atoms with Crippen LogP contribution in [0.4, 0.5) is 0 Å². The molecule has 5 rings (SSSR count). The number of hydrogen-bond donors (Lipinski definition) is 0. The molecule has 3 heterocycles. The minimum Gasteiger partial charge on any atom is -0.399 e. The second-order valence-corrected chi connectivity index (χ2v) is 13.1. The molecule has 1 aromatic heterocycles. The van der Waals surface area contributed by atoms with Crippen molar-refractivity contribution in [2.75, 3.05) is 40.1 Å². The summed E-state index contributed by atoms with van der Waals surface area (Å²) in [5.41, 5.74) is 2.63. The smallest absolute Gasteiger partial charge is 0.399 e. The zero-order valence-corrected chi connectivity index (χ0v) is 26.2. The molecule has 222 valence electrons. The van der Waals surface area contributed by atoms with Crippen molar-refractivity contribution in [3.05, 3.63) is 36.4 Å². The van der Waals surface area contributed by atoms with Gasteiger partial charge >= 0.3 is 14.2 Å². The van der Waals surface area contributed by atoms with Crippen molar-refractivity contribution in [1.82, 2.24) is 4.57 Å². The summed E-state index contributed by atoms with van der Waals surface area (Å²) in [7, 11) is 0.799. The lowest BCUT2D eigenvalue weighted by molar-refractivity contribution is 0.00578. The van der Waals surface area contributed by atoms with Crippen molar-refractivity contribution in [1.29, 1.82) is 0 Å². The minimum absolute atomic E-state index is 0.408. The topological polar surface area (TPSA) is 69.5 Å². The van der Waals surface area contributed by atoms with Gasteiger partial charge in [-0.05, 0) is 78.4 Å². The largest absolute Gasteiger partial charge is 0.494 e. The first-order valence-electron chi connectivity index (χ1n) is 14.7. The van der Waals surface area contributed by atoms with Gasteiger partial charge in [-0.15, -0.1) is 0 Å². The Bertz CT molecular complexity index is 1260. The van der Waals surface area contributed by atoms with E-state index in [4.69, 9.17) is 32.8 Å². The molecule has 0 unspecified atom stereocenters. The number of methoxy groups -OCH3 is 1. The molecule has 2 fully saturated rings. The van der Waals surface area contributed by atoms with Crippen LogP contribution in [0.5, 0.6) is 0 Å². The highest BCUT2D eigenvalue weighted by atomic mass is 16.7. The summed E-state index contributed by atoms with van der Waals surface area (Å²) in [5.74, 6) is 0. The van der Waals surface area contributed by atoms with Crippen LogP contribution in [0.1, 0.15) is 55.4 Å². The van der Waals surface area contributed by atoms with Crippen LogP contribution in [0.25, 0.3) is 21.8 Å². The molecule has 2 saturated heterocycles. The van der Waals surface area contributed by atoms with Gasteiger partial charge in [-0.2, -0.15) is 0 Å². The summed E-state index contributed by atoms with van der Waals surface area (Å²) >= 11 is 0. The molecule has 10 heteroatoms. The van der Waals surface area contributed by atoms with E-state index in [9.17, 15) is 0 Å². The molecule has 2 aliphatic heterocycles. The maximum absolute atomic E-state index is 6.39. The highest BCUT2D eigenvalue weighted by Crippen LogP contribution is 2.38. The van der Waals surface area contributed by atoms with Gasteiger partial charge in [-0.25, -0.2) is 0 Å². The maximum atomic E-state index is 6.39. The van der Waals surface area contributed by atoms with Gasteiger partial charge in [0, 0.05) is 35.5 Å². The van der Waals surface area contributed by atoms with Gasteiger partial charge < -0.3 is 37.4 Å². The molecule has 0 N–H and O–H groups in total. The van der Waals surface area contributed by atoms with Crippen molar-refractivity contribution < 1.29 is 32.8 Å². The number of hydrogen-bond acceptors (Lipinski definition) is 7. The molecular formula is C31H45B2NO7. The second kappa shape index (κ2) is 11.3. The number of fused-ring (bicyclic) bond motifs is 3. The van der Waals surface area contributed by atoms with Gasteiger partial charge in [-0.1, -0.05) is 24.3 Å². The fourth-order valence-electron chi connectivity index (χ4n) is 5.25. The van der Waals surface area contributed by atoms with Gasteiger partial charge in [0.25, 0.3) is 0 Å². The quantitative estimate of drug-likeness (QED) is 0.257. The zero-order valence-electron chi connectivity index (χ0n) is 26.2. The number of aromatic nitrogens is 1. The molecule has 0 atom stereocenters. The predicted molar refractivity (Wildman–Crippen MR) is 164 cm³/mol. The summed E-state index contributed by atoms with van der Waals surface area (Å²) in [4.78, 5) is 0. The van der Waals surface area contributed by atoms with Crippen LogP contribution in [-0.2, 0) is 39.4 Å². The molecule has 2 aromatic carbocycles. The molecule has 0 amide bonds. The van der Waals surface area contributed by atoms with Crippen LogP contribution < -0.4 is 10.9 Å². The van der Waals surface area contributed by atoms with Gasteiger partial charge in [0.15, 0.2) is 0 Å². The van der Waals surface area contributed by atoms with Crippen molar-refractivity contribution in [2.24, 2.45) is 0 Å². The molecule has 2 aliphatic rings. The number of benzene rings is 2. The predicted octanol–water partition coefficient (Wildman–Crippen LogP) is 4.07. The van der Waals surface area contributed by atoms with E-state index in [1.54, 1.807) is 7.11 Å². The normalized spacial score (nSPS) is 21.0. The molecule has 8 nitrogen and oxygen atoms in total. The summed E-state index contributed by atoms with van der Waals surface area (Å²) in [6, 6.07) is 13.0. The van der Waals surface area contributed by atoms with Crippen molar-refractivity contribution in [3.63, 3.8) is 0 Å². The first kappa shape index (κ1) is 30.5. The Morgan fingerprint density at radius 3 is 1.39 bits per heavy atom. The number of rotatable bonds is 11. The van der Waals surface area contributed by atoms with Crippen LogP contribution in [0.3, 0.4) is 0 Å². The molecule has 0 spiro atoms. The van der Waals surface area contributed by atoms with Gasteiger partial charge in [-0.3, -0.25) is 0 Å². The lowest BCUT2D eigenvalue weighted by Gasteiger charge is -2.32. The Hall–Kier alpha value is -1.91. The Kier molecular flexibility index (Phi) is 8.42. The van der Waals surface area contributed by atoms with E-state index in [0.29, 0.717) is 39.6 Å². The lowest BCUT2D eigenvalue weighted by Crippen LogP contribution is -2.41. The van der Waals surface area contributed by atoms with Crippen molar-refractivity contribution >= 4 is 47.0 Å². The first-order chi connectivity index (χ1) is 19.3. The standard InChI is InChI=1S/C31H45B2NO7/c1-28(2)29(3,4)39-32(38-28)22-10-12-26-24(20-22)25-21-23(33-40-30(5,6)31(7,8)41-33)11-13-27(25)34(26)14-15-36-18-19-37-17-16-35-9/h10-13,20-21H,14-19H2,1-9H3. The molecule has 3 aromatic rings. The average Bonchev–Trinajstić information content (AvgIpc) is 3.41. The summed E-state index contributed by atoms with van der Waals surface area (Å²) < 4.78 is 44.3. The zero-order chi connectivity index (χ0) is 29.6. The lowest BCUT2D eigenvalue weighted by atomic mass is 9.77. The van der Waals surface area contributed by atoms with E-state index in [1.807, 2.05) is 0 Å². The second-order valence-electron chi connectivity index (χ2n) is 13.1. The van der Waals surface area contributed by atoms with Gasteiger partial charge in [0.1, 0.15) is 0 Å². The highest BCUT2D eigenvalue weighted by molar-refractivity contribution is 6.63. The van der Waals surface area contributed by atoms with Crippen LogP contribution in [-0.4, -0.2) is 81.4 Å². The Balaban J connectivity index is 1.46. The highest BCUT2D eigenvalue weighted by Gasteiger charge is 2.53. The molecule has 0 bridgehead atoms. The third-order valence-electron chi connectivity index (χ3n) is 9.23. The van der Waals surface area contributed by atoms with Crippen LogP contribution in [0.2, 0.25) is 0 Å². The van der Waals surface area contributed by atoms with E-state index in [-0.39, 0.29) is 0 Å². The number of nitrogens with zero attached hydrogens (tertiary/aromatic N) is 1. The fourth-order valence-corrected chi connectivity index (χ4v) is 5.25. The molecule has 41 heavy (non-hydrogen) atoms. The first-order valence-corrected chi connectivity index (χ1v) is 14.7. The summed E-state index contributed by atoms with van der Waals surface area (Å²) in [6.45, 7) is 20.2. The van der Waals surface area contributed by atoms with E-state index in [1.165, 1.54) is 0 Å². The van der Waals surface area contributed by atoms with E-state index in [2.05, 4.69) is 96.4 Å². The fraction of sp³-hybridized carbons (Fsp3) is 0.613. The molecule has 0 radical (unpaired) electrons. The van der Waals surface area contributed by atoms with E-state index in [0.717, 1.165) is 32.7 Å². The van der Waals surface area contributed by atoms with E-state index < -0.39 is 36.6 Å². The van der Waals surface area contributed by atoms with Crippen LogP contribution in [0.15, 0.2) is 36.4 Å². The van der Waals surface area contributed by atoms with Crippen molar-refractivity contribution in [3.8, 4) is 0 Å². The SMILES string of the molecule is COCCOCCOCCn1c2ccc(B3OC(C)(C)C(C)(C)O3)cc2c2cc(B3OC(C)(C)C(C)(C)O3)ccc21. The van der Waals surface area contributed by atoms with Crippen molar-refractivity contribution in [2.45, 2.75) is 84.3 Å². The summed E-state index contributed by atoms with van der Waals surface area (Å²) in [5, 5.41) is 2.27. The average molecular weight is 565 g/mol. The Morgan fingerprint density at radius 2 is 0.976 bits per heavy atom. The third kappa shape index (κ3) is 5.85. The van der Waals surface area contributed by atoms with Crippen LogP contribution >= 0.6 is 0 Å². The van der Waals surface area contributed by atoms with Crippen LogP contribution in [0, 0.1) is 0 Å².